The Kier molecular flexibility index (Phi) is 8.11. The summed E-state index contributed by atoms with van der Waals surface area (Å²) >= 11 is 0. The summed E-state index contributed by atoms with van der Waals surface area (Å²) in [6.45, 7) is 1.05. The Morgan fingerprint density at radius 3 is 1.94 bits per heavy atom. The van der Waals surface area contributed by atoms with Crippen molar-refractivity contribution in [3.05, 3.63) is 65.2 Å². The highest BCUT2D eigenvalue weighted by Crippen LogP contribution is 2.42. The minimum Gasteiger partial charge on any atom is -0.497 e. The number of nitrogens with zero attached hydrogens (tertiary/aromatic N) is 1. The van der Waals surface area contributed by atoms with E-state index in [1.54, 1.807) is 43.3 Å². The second-order valence-electron chi connectivity index (χ2n) is 7.80. The highest BCUT2D eigenvalue weighted by Gasteiger charge is 2.55. The first-order valence-corrected chi connectivity index (χ1v) is 11.0. The monoisotopic (exact) mass is 497 g/mol. The van der Waals surface area contributed by atoms with Crippen molar-refractivity contribution < 1.29 is 43.2 Å². The lowest BCUT2D eigenvalue weighted by molar-refractivity contribution is -0.166. The van der Waals surface area contributed by atoms with Gasteiger partial charge in [0.05, 0.1) is 39.2 Å². The highest BCUT2D eigenvalue weighted by atomic mass is 16.5. The molecule has 0 aromatic heterocycles. The van der Waals surface area contributed by atoms with Gasteiger partial charge in [0.25, 0.3) is 0 Å². The van der Waals surface area contributed by atoms with Crippen molar-refractivity contribution in [2.75, 3.05) is 34.5 Å². The molecule has 10 nitrogen and oxygen atoms in total. The van der Waals surface area contributed by atoms with E-state index in [1.165, 1.54) is 26.4 Å². The molecule has 1 atom stereocenters. The van der Waals surface area contributed by atoms with Gasteiger partial charge in [0.15, 0.2) is 5.78 Å². The zero-order valence-corrected chi connectivity index (χ0v) is 20.4. The zero-order chi connectivity index (χ0) is 26.5. The van der Waals surface area contributed by atoms with Crippen LogP contribution in [0.15, 0.2) is 54.1 Å². The molecule has 190 valence electrons. The molecule has 1 unspecified atom stereocenters. The number of esters is 2. The molecule has 2 aromatic rings. The number of hydrogen-bond donors (Lipinski definition) is 1. The second-order valence-corrected chi connectivity index (χ2v) is 7.80. The summed E-state index contributed by atoms with van der Waals surface area (Å²) in [5, 5.41) is 11.5. The van der Waals surface area contributed by atoms with Crippen LogP contribution in [-0.2, 0) is 23.9 Å². The molecule has 1 aliphatic rings. The lowest BCUT2D eigenvalue weighted by Gasteiger charge is -2.34. The molecular weight excluding hydrogens is 470 g/mol. The predicted octanol–water partition coefficient (Wildman–Crippen LogP) is 2.00. The van der Waals surface area contributed by atoms with Gasteiger partial charge in [-0.3, -0.25) is 19.2 Å². The summed E-state index contributed by atoms with van der Waals surface area (Å²) in [7, 11) is 4.05. The van der Waals surface area contributed by atoms with Crippen molar-refractivity contribution in [2.45, 2.75) is 19.1 Å². The predicted molar refractivity (Wildman–Crippen MR) is 127 cm³/mol. The van der Waals surface area contributed by atoms with Gasteiger partial charge in [0.2, 0.25) is 11.5 Å². The van der Waals surface area contributed by atoms with Crippen LogP contribution in [0.4, 0.5) is 0 Å². The van der Waals surface area contributed by atoms with Crippen LogP contribution in [0.5, 0.6) is 11.5 Å². The topological polar surface area (TPSA) is 129 Å². The molecular formula is C26H27NO9. The molecule has 0 amide bonds. The number of rotatable bonds is 10. The summed E-state index contributed by atoms with van der Waals surface area (Å²) in [5.41, 5.74) is -2.49. The van der Waals surface area contributed by atoms with Gasteiger partial charge in [0.1, 0.15) is 24.5 Å². The van der Waals surface area contributed by atoms with Crippen LogP contribution in [0.3, 0.4) is 0 Å². The first-order valence-electron chi connectivity index (χ1n) is 11.0. The number of hydrogen-bond acceptors (Lipinski definition) is 10. The second kappa shape index (κ2) is 11.0. The Balaban J connectivity index is 2.24. The standard InChI is InChI=1S/C26H27NO9/c1-5-36-21(29)15-27-23(16-6-10-18(33-2)11-7-16)22(25(31)26(27,32)14-20(28)35-4)24(30)17-8-12-19(34-3)13-9-17/h6-13,32H,5,14-15H2,1-4H3. The van der Waals surface area contributed by atoms with Crippen molar-refractivity contribution in [1.29, 1.82) is 0 Å². The number of Topliss-reactive ketones (excluding diaryl/α,β-unsaturated/α-hetero) is 2. The number of carbonyl (C=O) groups is 4. The van der Waals surface area contributed by atoms with Gasteiger partial charge in [-0.2, -0.15) is 0 Å². The van der Waals surface area contributed by atoms with Crippen LogP contribution < -0.4 is 9.47 Å². The van der Waals surface area contributed by atoms with Gasteiger partial charge in [-0.15, -0.1) is 0 Å². The lowest BCUT2D eigenvalue weighted by atomic mass is 9.94. The minimum absolute atomic E-state index is 0.0251. The fraction of sp³-hybridized carbons (Fsp3) is 0.308. The zero-order valence-electron chi connectivity index (χ0n) is 20.4. The van der Waals surface area contributed by atoms with E-state index < -0.39 is 42.2 Å². The number of benzene rings is 2. The molecule has 0 saturated carbocycles. The average Bonchev–Trinajstić information content (AvgIpc) is 3.09. The molecule has 1 N–H and O–H groups in total. The highest BCUT2D eigenvalue weighted by molar-refractivity contribution is 6.34. The van der Waals surface area contributed by atoms with Crippen LogP contribution in [0.1, 0.15) is 29.3 Å². The molecule has 36 heavy (non-hydrogen) atoms. The third kappa shape index (κ3) is 5.08. The van der Waals surface area contributed by atoms with Gasteiger partial charge in [-0.05, 0) is 61.0 Å². The van der Waals surface area contributed by atoms with E-state index in [9.17, 15) is 24.3 Å². The molecule has 1 heterocycles. The quantitative estimate of drug-likeness (QED) is 0.296. The lowest BCUT2D eigenvalue weighted by Crippen LogP contribution is -2.53. The van der Waals surface area contributed by atoms with E-state index in [0.717, 1.165) is 12.0 Å². The largest absolute Gasteiger partial charge is 0.497 e. The van der Waals surface area contributed by atoms with Crippen LogP contribution in [-0.4, -0.2) is 73.7 Å². The SMILES string of the molecule is CCOC(=O)CN1C(c2ccc(OC)cc2)=C(C(=O)c2ccc(OC)cc2)C(=O)C1(O)CC(=O)OC. The maximum atomic E-state index is 13.7. The van der Waals surface area contributed by atoms with Crippen molar-refractivity contribution >= 4 is 29.2 Å². The normalized spacial score (nSPS) is 17.1. The van der Waals surface area contributed by atoms with Crippen LogP contribution in [0.25, 0.3) is 5.70 Å². The molecule has 0 bridgehead atoms. The average molecular weight is 498 g/mol. The third-order valence-corrected chi connectivity index (χ3v) is 5.70. The maximum Gasteiger partial charge on any atom is 0.325 e. The fourth-order valence-electron chi connectivity index (χ4n) is 3.89. The molecule has 1 aliphatic heterocycles. The maximum absolute atomic E-state index is 13.7. The number of methoxy groups -OCH3 is 3. The Hall–Kier alpha value is -4.18. The summed E-state index contributed by atoms with van der Waals surface area (Å²) < 4.78 is 20.0. The van der Waals surface area contributed by atoms with Crippen molar-refractivity contribution in [3.63, 3.8) is 0 Å². The number of ketones is 2. The van der Waals surface area contributed by atoms with Crippen molar-refractivity contribution in [2.24, 2.45) is 0 Å². The molecule has 10 heteroatoms. The molecule has 0 saturated heterocycles. The Morgan fingerprint density at radius 1 is 0.889 bits per heavy atom. The Bertz CT molecular complexity index is 1180. The van der Waals surface area contributed by atoms with Crippen molar-refractivity contribution in [3.8, 4) is 11.5 Å². The summed E-state index contributed by atoms with van der Waals surface area (Å²) in [6, 6.07) is 12.4. The third-order valence-electron chi connectivity index (χ3n) is 5.70. The van der Waals surface area contributed by atoms with E-state index in [2.05, 4.69) is 4.74 Å². The first-order chi connectivity index (χ1) is 17.2. The summed E-state index contributed by atoms with van der Waals surface area (Å²) in [6.07, 6.45) is -0.819. The fourth-order valence-corrected chi connectivity index (χ4v) is 3.89. The van der Waals surface area contributed by atoms with Crippen LogP contribution in [0, 0.1) is 0 Å². The van der Waals surface area contributed by atoms with Gasteiger partial charge < -0.3 is 29.0 Å². The van der Waals surface area contributed by atoms with E-state index >= 15 is 0 Å². The van der Waals surface area contributed by atoms with Crippen LogP contribution >= 0.6 is 0 Å². The van der Waals surface area contributed by atoms with Crippen molar-refractivity contribution in [1.82, 2.24) is 4.90 Å². The first kappa shape index (κ1) is 26.4. The van der Waals surface area contributed by atoms with Crippen LogP contribution in [0.2, 0.25) is 0 Å². The smallest absolute Gasteiger partial charge is 0.325 e. The molecule has 0 spiro atoms. The van der Waals surface area contributed by atoms with Gasteiger partial charge in [0, 0.05) is 5.56 Å². The number of carbonyl (C=O) groups excluding carboxylic acids is 4. The summed E-state index contributed by atoms with van der Waals surface area (Å²) in [4.78, 5) is 53.1. The molecule has 0 fully saturated rings. The Labute approximate surface area is 208 Å². The number of aliphatic hydroxyl groups is 1. The van der Waals surface area contributed by atoms with Gasteiger partial charge in [-0.1, -0.05) is 0 Å². The summed E-state index contributed by atoms with van der Waals surface area (Å²) in [5.74, 6) is -2.41. The number of ether oxygens (including phenoxy) is 4. The van der Waals surface area contributed by atoms with E-state index in [4.69, 9.17) is 14.2 Å². The Morgan fingerprint density at radius 2 is 1.44 bits per heavy atom. The molecule has 0 aliphatic carbocycles. The van der Waals surface area contributed by atoms with Gasteiger partial charge >= 0.3 is 11.9 Å². The minimum atomic E-state index is -2.56. The van der Waals surface area contributed by atoms with E-state index in [1.807, 2.05) is 0 Å². The molecule has 0 radical (unpaired) electrons. The van der Waals surface area contributed by atoms with Gasteiger partial charge in [-0.25, -0.2) is 0 Å². The van der Waals surface area contributed by atoms with E-state index in [0.29, 0.717) is 17.1 Å². The van der Waals surface area contributed by atoms with E-state index in [-0.39, 0.29) is 23.4 Å². The molecule has 3 rings (SSSR count). The molecule has 2 aromatic carbocycles.